The molecule has 0 aliphatic carbocycles. The van der Waals surface area contributed by atoms with Crippen LogP contribution in [0.15, 0.2) is 30.3 Å². The van der Waals surface area contributed by atoms with Crippen LogP contribution in [0.3, 0.4) is 0 Å². The van der Waals surface area contributed by atoms with Crippen molar-refractivity contribution in [3.8, 4) is 0 Å². The molecule has 176 valence electrons. The summed E-state index contributed by atoms with van der Waals surface area (Å²) in [7, 11) is 0. The summed E-state index contributed by atoms with van der Waals surface area (Å²) < 4.78 is 28.0. The monoisotopic (exact) mass is 473 g/mol. The van der Waals surface area contributed by atoms with Crippen LogP contribution in [-0.4, -0.2) is 46.1 Å². The van der Waals surface area contributed by atoms with Gasteiger partial charge in [-0.25, -0.2) is 9.99 Å². The van der Waals surface area contributed by atoms with E-state index in [0.29, 0.717) is 11.7 Å². The standard InChI is InChI=1S/C25H30ClF2N5/c1-15-4-6-20-18(12-15)17-9-11-33(21(23(17)29-20)14-32-10-8-16(2)13-32)31-22-7-5-19(26)24(30-22)25(3,27)28/h4-7,12,16,21,29H,8-11,13-14H2,1-3H3,(H,30,31). The molecule has 33 heavy (non-hydrogen) atoms. The number of rotatable bonds is 5. The van der Waals surface area contributed by atoms with Crippen molar-refractivity contribution in [1.82, 2.24) is 19.9 Å². The van der Waals surface area contributed by atoms with Gasteiger partial charge in [-0.3, -0.25) is 0 Å². The third-order valence-electron chi connectivity index (χ3n) is 6.87. The van der Waals surface area contributed by atoms with Crippen molar-refractivity contribution < 1.29 is 8.78 Å². The largest absolute Gasteiger partial charge is 0.357 e. The fraction of sp³-hybridized carbons (Fsp3) is 0.480. The molecule has 0 bridgehead atoms. The predicted octanol–water partition coefficient (Wildman–Crippen LogP) is 5.90. The molecule has 5 nitrogen and oxygen atoms in total. The first-order chi connectivity index (χ1) is 15.7. The molecule has 4 heterocycles. The number of anilines is 1. The summed E-state index contributed by atoms with van der Waals surface area (Å²) >= 11 is 6.01. The number of benzene rings is 1. The number of hydrogen-bond acceptors (Lipinski definition) is 4. The summed E-state index contributed by atoms with van der Waals surface area (Å²) in [5.41, 5.74) is 7.87. The highest BCUT2D eigenvalue weighted by molar-refractivity contribution is 6.31. The number of pyridine rings is 1. The SMILES string of the molecule is Cc1ccc2[nH]c3c(c2c1)CCN(Nc1ccc(Cl)c(C(C)(F)F)n1)C3CN1CCC(C)C1. The number of aromatic amines is 1. The smallest absolute Gasteiger partial charge is 0.288 e. The lowest BCUT2D eigenvalue weighted by Crippen LogP contribution is -2.45. The topological polar surface area (TPSA) is 47.2 Å². The van der Waals surface area contributed by atoms with Crippen LogP contribution in [0, 0.1) is 12.8 Å². The van der Waals surface area contributed by atoms with E-state index in [4.69, 9.17) is 11.6 Å². The second-order valence-corrected chi connectivity index (χ2v) is 10.1. The predicted molar refractivity (Wildman–Crippen MR) is 129 cm³/mol. The van der Waals surface area contributed by atoms with Gasteiger partial charge in [0.25, 0.3) is 5.92 Å². The number of aryl methyl sites for hydroxylation is 1. The molecule has 0 spiro atoms. The molecule has 0 saturated carbocycles. The maximum Gasteiger partial charge on any atom is 0.288 e. The van der Waals surface area contributed by atoms with E-state index < -0.39 is 11.6 Å². The number of halogens is 3. The van der Waals surface area contributed by atoms with E-state index in [-0.39, 0.29) is 11.1 Å². The number of alkyl halides is 2. The Morgan fingerprint density at radius 1 is 1.24 bits per heavy atom. The van der Waals surface area contributed by atoms with Gasteiger partial charge in [0.2, 0.25) is 0 Å². The number of nitrogens with zero attached hydrogens (tertiary/aromatic N) is 3. The highest BCUT2D eigenvalue weighted by Crippen LogP contribution is 2.37. The van der Waals surface area contributed by atoms with E-state index in [1.165, 1.54) is 34.7 Å². The van der Waals surface area contributed by atoms with Crippen LogP contribution < -0.4 is 5.43 Å². The molecule has 1 aromatic carbocycles. The molecular formula is C25H30ClF2N5. The minimum atomic E-state index is -3.11. The Hall–Kier alpha value is -2.22. The number of H-pyrrole nitrogens is 1. The van der Waals surface area contributed by atoms with Crippen molar-refractivity contribution in [3.05, 3.63) is 57.9 Å². The van der Waals surface area contributed by atoms with Gasteiger partial charge >= 0.3 is 0 Å². The second-order valence-electron chi connectivity index (χ2n) is 9.71. The summed E-state index contributed by atoms with van der Waals surface area (Å²) in [5.74, 6) is -2.04. The number of hydrazine groups is 1. The van der Waals surface area contributed by atoms with Gasteiger partial charge in [-0.1, -0.05) is 30.2 Å². The van der Waals surface area contributed by atoms with Crippen molar-refractivity contribution in [1.29, 1.82) is 0 Å². The van der Waals surface area contributed by atoms with Crippen LogP contribution >= 0.6 is 11.6 Å². The van der Waals surface area contributed by atoms with Gasteiger partial charge < -0.3 is 15.3 Å². The van der Waals surface area contributed by atoms with Crippen molar-refractivity contribution >= 4 is 28.3 Å². The zero-order chi connectivity index (χ0) is 23.3. The summed E-state index contributed by atoms with van der Waals surface area (Å²) in [6.07, 6.45) is 2.07. The van der Waals surface area contributed by atoms with Crippen LogP contribution in [0.2, 0.25) is 5.02 Å². The highest BCUT2D eigenvalue weighted by Gasteiger charge is 2.34. The third-order valence-corrected chi connectivity index (χ3v) is 7.17. The van der Waals surface area contributed by atoms with Crippen LogP contribution in [-0.2, 0) is 12.3 Å². The summed E-state index contributed by atoms with van der Waals surface area (Å²) in [5, 5.41) is 3.39. The third kappa shape index (κ3) is 4.46. The molecule has 2 unspecified atom stereocenters. The van der Waals surface area contributed by atoms with Gasteiger partial charge in [-0.05, 0) is 62.1 Å². The molecule has 0 radical (unpaired) electrons. The van der Waals surface area contributed by atoms with Crippen molar-refractivity contribution in [3.63, 3.8) is 0 Å². The Labute approximate surface area is 198 Å². The number of aromatic nitrogens is 2. The second kappa shape index (κ2) is 8.53. The Morgan fingerprint density at radius 3 is 2.79 bits per heavy atom. The van der Waals surface area contributed by atoms with E-state index in [9.17, 15) is 8.78 Å². The molecular weight excluding hydrogens is 444 g/mol. The molecule has 2 aliphatic rings. The van der Waals surface area contributed by atoms with Gasteiger partial charge in [0, 0.05) is 43.2 Å². The van der Waals surface area contributed by atoms with Crippen LogP contribution in [0.25, 0.3) is 10.9 Å². The minimum absolute atomic E-state index is 0.0254. The van der Waals surface area contributed by atoms with Gasteiger partial charge in [0.1, 0.15) is 11.5 Å². The van der Waals surface area contributed by atoms with Crippen LogP contribution in [0.4, 0.5) is 14.6 Å². The molecule has 2 aromatic heterocycles. The highest BCUT2D eigenvalue weighted by atomic mass is 35.5. The molecule has 2 N–H and O–H groups in total. The number of fused-ring (bicyclic) bond motifs is 3. The Balaban J connectivity index is 1.49. The summed E-state index contributed by atoms with van der Waals surface area (Å²) in [6.45, 7) is 8.99. The van der Waals surface area contributed by atoms with Gasteiger partial charge in [0.05, 0.1) is 11.1 Å². The molecule has 0 amide bonds. The Bertz CT molecular complexity index is 1170. The number of hydrogen-bond donors (Lipinski definition) is 2. The summed E-state index contributed by atoms with van der Waals surface area (Å²) in [6, 6.07) is 9.72. The molecule has 2 atom stereocenters. The van der Waals surface area contributed by atoms with Gasteiger partial charge in [-0.2, -0.15) is 8.78 Å². The maximum atomic E-state index is 14.0. The van der Waals surface area contributed by atoms with Crippen molar-refractivity contribution in [2.45, 2.75) is 45.6 Å². The van der Waals surface area contributed by atoms with E-state index >= 15 is 0 Å². The molecule has 5 rings (SSSR count). The Kier molecular flexibility index (Phi) is 5.83. The first-order valence-corrected chi connectivity index (χ1v) is 12.0. The zero-order valence-corrected chi connectivity index (χ0v) is 20.0. The average molecular weight is 474 g/mol. The maximum absolute atomic E-state index is 14.0. The minimum Gasteiger partial charge on any atom is -0.357 e. The van der Waals surface area contributed by atoms with Crippen LogP contribution in [0.1, 0.15) is 48.8 Å². The molecule has 3 aromatic rings. The molecule has 2 aliphatic heterocycles. The van der Waals surface area contributed by atoms with Gasteiger partial charge in [-0.15, -0.1) is 0 Å². The Morgan fingerprint density at radius 2 is 2.06 bits per heavy atom. The lowest BCUT2D eigenvalue weighted by atomic mass is 9.97. The average Bonchev–Trinajstić information content (AvgIpc) is 3.33. The number of likely N-dealkylation sites (tertiary alicyclic amines) is 1. The molecule has 1 saturated heterocycles. The first-order valence-electron chi connectivity index (χ1n) is 11.6. The van der Waals surface area contributed by atoms with Crippen LogP contribution in [0.5, 0.6) is 0 Å². The van der Waals surface area contributed by atoms with Crippen molar-refractivity contribution in [2.75, 3.05) is 31.6 Å². The van der Waals surface area contributed by atoms with E-state index in [1.807, 2.05) is 0 Å². The normalized spacial score (nSPS) is 22.1. The lowest BCUT2D eigenvalue weighted by molar-refractivity contribution is 0.0129. The van der Waals surface area contributed by atoms with E-state index in [1.54, 1.807) is 6.07 Å². The molecule has 1 fully saturated rings. The fourth-order valence-electron chi connectivity index (χ4n) is 5.20. The zero-order valence-electron chi connectivity index (χ0n) is 19.3. The van der Waals surface area contributed by atoms with Gasteiger partial charge in [0.15, 0.2) is 0 Å². The number of nitrogens with one attached hydrogen (secondary N) is 2. The summed E-state index contributed by atoms with van der Waals surface area (Å²) in [4.78, 5) is 10.3. The fourth-order valence-corrected chi connectivity index (χ4v) is 5.47. The lowest BCUT2D eigenvalue weighted by Gasteiger charge is -2.38. The first kappa shape index (κ1) is 22.6. The van der Waals surface area contributed by atoms with E-state index in [2.05, 4.69) is 57.3 Å². The van der Waals surface area contributed by atoms with E-state index in [0.717, 1.165) is 45.0 Å². The molecule has 8 heteroatoms. The quantitative estimate of drug-likeness (QED) is 0.484. The van der Waals surface area contributed by atoms with Crippen molar-refractivity contribution in [2.24, 2.45) is 5.92 Å².